The number of alkyl halides is 2. The van der Waals surface area contributed by atoms with Crippen LogP contribution in [0.15, 0.2) is 40.8 Å². The summed E-state index contributed by atoms with van der Waals surface area (Å²) in [5.41, 5.74) is 6.47. The van der Waals surface area contributed by atoms with Gasteiger partial charge < -0.3 is 14.9 Å². The maximum Gasteiger partial charge on any atom is 0.248 e. The first-order valence-corrected chi connectivity index (χ1v) is 9.26. The molecule has 1 aliphatic rings. The van der Waals surface area contributed by atoms with Crippen molar-refractivity contribution >= 4 is 17.0 Å². The van der Waals surface area contributed by atoms with Gasteiger partial charge in [0, 0.05) is 24.3 Å². The van der Waals surface area contributed by atoms with Crippen LogP contribution in [-0.4, -0.2) is 23.9 Å². The number of hydrogen-bond donors (Lipinski definition) is 1. The third-order valence-electron chi connectivity index (χ3n) is 4.81. The average Bonchev–Trinajstić information content (AvgIpc) is 3.13. The molecule has 3 aromatic rings. The Balaban J connectivity index is 0.000000216. The third kappa shape index (κ3) is 4.90. The van der Waals surface area contributed by atoms with Crippen LogP contribution in [0.2, 0.25) is 0 Å². The minimum Gasteiger partial charge on any atom is -0.494 e. The summed E-state index contributed by atoms with van der Waals surface area (Å²) >= 11 is 0. The lowest BCUT2D eigenvalue weighted by atomic mass is 9.86. The Morgan fingerprint density at radius 1 is 1.27 bits per heavy atom. The zero-order valence-electron chi connectivity index (χ0n) is 16.1. The van der Waals surface area contributed by atoms with Crippen molar-refractivity contribution in [2.45, 2.75) is 37.5 Å². The molecule has 0 radical (unpaired) electrons. The normalized spacial score (nSPS) is 17.8. The zero-order valence-corrected chi connectivity index (χ0v) is 16.1. The van der Waals surface area contributed by atoms with E-state index in [9.17, 15) is 22.4 Å². The highest BCUT2D eigenvalue weighted by molar-refractivity contribution is 5.95. The van der Waals surface area contributed by atoms with E-state index in [2.05, 4.69) is 9.72 Å². The van der Waals surface area contributed by atoms with Crippen LogP contribution in [0, 0.1) is 11.6 Å². The molecule has 1 aromatic heterocycles. The summed E-state index contributed by atoms with van der Waals surface area (Å²) in [6.45, 7) is 0. The van der Waals surface area contributed by atoms with Crippen LogP contribution in [0.4, 0.5) is 17.6 Å². The Labute approximate surface area is 169 Å². The summed E-state index contributed by atoms with van der Waals surface area (Å²) in [5.74, 6) is -5.16. The number of halogens is 4. The van der Waals surface area contributed by atoms with E-state index in [0.29, 0.717) is 35.4 Å². The van der Waals surface area contributed by atoms with Gasteiger partial charge in [-0.05, 0) is 43.2 Å². The number of ether oxygens (including phenoxy) is 1. The summed E-state index contributed by atoms with van der Waals surface area (Å²) in [5, 5.41) is 0. The van der Waals surface area contributed by atoms with E-state index in [4.69, 9.17) is 10.2 Å². The Bertz CT molecular complexity index is 1050. The molecule has 5 nitrogen and oxygen atoms in total. The van der Waals surface area contributed by atoms with Crippen molar-refractivity contribution in [2.75, 3.05) is 7.11 Å². The molecule has 4 rings (SSSR count). The molecule has 0 saturated heterocycles. The molecule has 0 bridgehead atoms. The number of primary amides is 1. The van der Waals surface area contributed by atoms with Gasteiger partial charge in [-0.15, -0.1) is 0 Å². The second-order valence-corrected chi connectivity index (χ2v) is 7.00. The summed E-state index contributed by atoms with van der Waals surface area (Å²) in [6, 6.07) is 8.44. The second-order valence-electron chi connectivity index (χ2n) is 7.00. The first-order chi connectivity index (χ1) is 14.2. The maximum atomic E-state index is 13.4. The Hall–Kier alpha value is -3.10. The van der Waals surface area contributed by atoms with E-state index in [1.807, 2.05) is 0 Å². The largest absolute Gasteiger partial charge is 0.494 e. The van der Waals surface area contributed by atoms with Crippen LogP contribution in [-0.2, 0) is 0 Å². The number of rotatable bonds is 3. The first-order valence-electron chi connectivity index (χ1n) is 9.26. The van der Waals surface area contributed by atoms with E-state index in [1.54, 1.807) is 12.1 Å². The molecule has 1 heterocycles. The van der Waals surface area contributed by atoms with Crippen molar-refractivity contribution in [2.24, 2.45) is 5.73 Å². The lowest BCUT2D eigenvalue weighted by Gasteiger charge is -2.26. The summed E-state index contributed by atoms with van der Waals surface area (Å²) in [7, 11) is 1.29. The van der Waals surface area contributed by atoms with Gasteiger partial charge >= 0.3 is 0 Å². The molecule has 1 amide bonds. The van der Waals surface area contributed by atoms with Crippen LogP contribution < -0.4 is 10.5 Å². The van der Waals surface area contributed by atoms with Gasteiger partial charge in [-0.1, -0.05) is 6.07 Å². The predicted molar refractivity (Wildman–Crippen MR) is 102 cm³/mol. The standard InChI is InChI=1S/C14H14F2N2O2.C7H6F2O/c15-14(16)5-1-2-9(7-14)13-18-10-4-3-8(12(17)19)6-11(10)20-13;1-10-6-4-2-3-5(8)7(6)9/h3-4,6,9H,1-2,5,7H2,(H2,17,19);2-4H,1H3/t9-;/m0./s1. The van der Waals surface area contributed by atoms with Crippen molar-refractivity contribution in [3.05, 3.63) is 59.5 Å². The van der Waals surface area contributed by atoms with Gasteiger partial charge in [-0.25, -0.2) is 18.2 Å². The number of nitrogens with zero attached hydrogens (tertiary/aromatic N) is 1. The fourth-order valence-corrected chi connectivity index (χ4v) is 3.29. The number of carbonyl (C=O) groups excluding carboxylic acids is 1. The van der Waals surface area contributed by atoms with E-state index in [-0.39, 0.29) is 24.5 Å². The molecule has 2 aromatic carbocycles. The van der Waals surface area contributed by atoms with Gasteiger partial charge in [0.15, 0.2) is 23.0 Å². The minimum atomic E-state index is -2.65. The van der Waals surface area contributed by atoms with Crippen molar-refractivity contribution < 1.29 is 31.5 Å². The number of hydrogen-bond acceptors (Lipinski definition) is 4. The molecular formula is C21H20F4N2O3. The van der Waals surface area contributed by atoms with E-state index >= 15 is 0 Å². The number of carbonyl (C=O) groups is 1. The van der Waals surface area contributed by atoms with Crippen LogP contribution in [0.5, 0.6) is 5.75 Å². The molecule has 160 valence electrons. The Morgan fingerprint density at radius 3 is 2.67 bits per heavy atom. The summed E-state index contributed by atoms with van der Waals surface area (Å²) in [4.78, 5) is 15.3. The molecule has 1 saturated carbocycles. The summed E-state index contributed by atoms with van der Waals surface area (Å²) in [6.07, 6.45) is 0.798. The molecule has 1 atom stereocenters. The van der Waals surface area contributed by atoms with E-state index < -0.39 is 23.5 Å². The number of nitrogens with two attached hydrogens (primary N) is 1. The van der Waals surface area contributed by atoms with E-state index in [0.717, 1.165) is 6.07 Å². The van der Waals surface area contributed by atoms with Gasteiger partial charge in [-0.3, -0.25) is 4.79 Å². The van der Waals surface area contributed by atoms with Crippen molar-refractivity contribution in [3.63, 3.8) is 0 Å². The maximum absolute atomic E-state index is 13.4. The quantitative estimate of drug-likeness (QED) is 0.587. The molecular weight excluding hydrogens is 404 g/mol. The van der Waals surface area contributed by atoms with Crippen molar-refractivity contribution in [1.82, 2.24) is 4.98 Å². The predicted octanol–water partition coefficient (Wildman–Crippen LogP) is 5.19. The highest BCUT2D eigenvalue weighted by atomic mass is 19.3. The molecule has 0 aliphatic heterocycles. The molecule has 2 N–H and O–H groups in total. The number of methoxy groups -OCH3 is 1. The smallest absolute Gasteiger partial charge is 0.248 e. The second kappa shape index (κ2) is 8.73. The Morgan fingerprint density at radius 2 is 2.03 bits per heavy atom. The fraction of sp³-hybridized carbons (Fsp3) is 0.333. The van der Waals surface area contributed by atoms with Crippen molar-refractivity contribution in [1.29, 1.82) is 0 Å². The van der Waals surface area contributed by atoms with Gasteiger partial charge in [0.25, 0.3) is 0 Å². The number of fused-ring (bicyclic) bond motifs is 1. The topological polar surface area (TPSA) is 78.4 Å². The van der Waals surface area contributed by atoms with Crippen molar-refractivity contribution in [3.8, 4) is 5.75 Å². The SMILES string of the molecule is COc1cccc(F)c1F.NC(=O)c1ccc2nc([C@H]3CCCC(F)(F)C3)oc2c1. The van der Waals surface area contributed by atoms with E-state index in [1.165, 1.54) is 25.3 Å². The highest BCUT2D eigenvalue weighted by Crippen LogP contribution is 2.42. The average molecular weight is 424 g/mol. The van der Waals surface area contributed by atoms with Gasteiger partial charge in [0.1, 0.15) is 5.52 Å². The number of oxazole rings is 1. The number of benzene rings is 2. The Kier molecular flexibility index (Phi) is 6.28. The third-order valence-corrected chi connectivity index (χ3v) is 4.81. The number of aromatic nitrogens is 1. The van der Waals surface area contributed by atoms with Gasteiger partial charge in [-0.2, -0.15) is 4.39 Å². The van der Waals surface area contributed by atoms with Gasteiger partial charge in [0.2, 0.25) is 17.6 Å². The first kappa shape index (κ1) is 21.6. The van der Waals surface area contributed by atoms with Crippen LogP contribution in [0.25, 0.3) is 11.1 Å². The lowest BCUT2D eigenvalue weighted by molar-refractivity contribution is -0.0434. The van der Waals surface area contributed by atoms with Gasteiger partial charge in [0.05, 0.1) is 7.11 Å². The fourth-order valence-electron chi connectivity index (χ4n) is 3.29. The molecule has 0 unspecified atom stereocenters. The molecule has 30 heavy (non-hydrogen) atoms. The van der Waals surface area contributed by atoms with Crippen LogP contribution in [0.3, 0.4) is 0 Å². The zero-order chi connectivity index (χ0) is 21.9. The lowest BCUT2D eigenvalue weighted by Crippen LogP contribution is -2.25. The van der Waals surface area contributed by atoms with Crippen LogP contribution in [0.1, 0.15) is 47.8 Å². The highest BCUT2D eigenvalue weighted by Gasteiger charge is 2.38. The minimum absolute atomic E-state index is 0.0694. The molecule has 9 heteroatoms. The number of amides is 1. The molecule has 1 fully saturated rings. The van der Waals surface area contributed by atoms with Crippen LogP contribution >= 0.6 is 0 Å². The summed E-state index contributed by atoms with van der Waals surface area (Å²) < 4.78 is 61.7. The molecule has 0 spiro atoms. The monoisotopic (exact) mass is 424 g/mol. The molecule has 1 aliphatic carbocycles.